The second-order valence-electron chi connectivity index (χ2n) is 8.19. The summed E-state index contributed by atoms with van der Waals surface area (Å²) in [4.78, 5) is 0. The quantitative estimate of drug-likeness (QED) is 0.481. The van der Waals surface area contributed by atoms with Gasteiger partial charge in [-0.25, -0.2) is 0 Å². The van der Waals surface area contributed by atoms with Gasteiger partial charge in [0.2, 0.25) is 0 Å². The van der Waals surface area contributed by atoms with Gasteiger partial charge >= 0.3 is 0 Å². The first kappa shape index (κ1) is 19.2. The summed E-state index contributed by atoms with van der Waals surface area (Å²) in [7, 11) is 0. The Morgan fingerprint density at radius 1 is 0.655 bits per heavy atom. The van der Waals surface area contributed by atoms with Gasteiger partial charge in [-0.15, -0.1) is 0 Å². The first-order chi connectivity index (χ1) is 13.8. The molecule has 4 nitrogen and oxygen atoms in total. The molecule has 4 rings (SSSR count). The number of aromatic hydroxyl groups is 4. The maximum atomic E-state index is 10.7. The number of rotatable bonds is 1. The molecule has 150 valence electrons. The third-order valence-corrected chi connectivity index (χ3v) is 5.94. The van der Waals surface area contributed by atoms with E-state index in [4.69, 9.17) is 0 Å². The molecule has 0 spiro atoms. The summed E-state index contributed by atoms with van der Waals surface area (Å²) in [6.45, 7) is 3.94. The smallest absolute Gasteiger partial charge is 0.122 e. The Balaban J connectivity index is 1.90. The van der Waals surface area contributed by atoms with Crippen molar-refractivity contribution >= 4 is 0 Å². The van der Waals surface area contributed by atoms with E-state index in [-0.39, 0.29) is 28.9 Å². The molecule has 0 bridgehead atoms. The van der Waals surface area contributed by atoms with E-state index in [2.05, 4.69) is 12.1 Å². The van der Waals surface area contributed by atoms with E-state index >= 15 is 0 Å². The number of benzene rings is 3. The fourth-order valence-corrected chi connectivity index (χ4v) is 4.59. The summed E-state index contributed by atoms with van der Waals surface area (Å²) in [5, 5.41) is 41.6. The van der Waals surface area contributed by atoms with E-state index in [9.17, 15) is 20.4 Å². The highest BCUT2D eigenvalue weighted by Crippen LogP contribution is 2.40. The highest BCUT2D eigenvalue weighted by atomic mass is 16.3. The first-order valence-electron chi connectivity index (χ1n) is 9.96. The van der Waals surface area contributed by atoms with Crippen molar-refractivity contribution in [3.63, 3.8) is 0 Å². The molecule has 3 aromatic carbocycles. The summed E-state index contributed by atoms with van der Waals surface area (Å²) in [5.41, 5.74) is 6.68. The van der Waals surface area contributed by atoms with Crippen molar-refractivity contribution in [3.8, 4) is 23.0 Å². The maximum Gasteiger partial charge on any atom is 0.122 e. The van der Waals surface area contributed by atoms with Crippen LogP contribution in [0.1, 0.15) is 44.9 Å². The lowest BCUT2D eigenvalue weighted by atomic mass is 9.84. The lowest BCUT2D eigenvalue weighted by Gasteiger charge is -2.22. The molecular formula is C25H26O4. The Labute approximate surface area is 170 Å². The average molecular weight is 390 g/mol. The molecule has 4 N–H and O–H groups in total. The van der Waals surface area contributed by atoms with Crippen molar-refractivity contribution in [1.29, 1.82) is 0 Å². The number of phenols is 4. The third-order valence-electron chi connectivity index (χ3n) is 5.94. The van der Waals surface area contributed by atoms with Crippen LogP contribution in [-0.2, 0) is 25.7 Å². The Kier molecular flexibility index (Phi) is 4.87. The number of phenolic OH excluding ortho intramolecular Hbond substituents is 4. The number of hydrogen-bond donors (Lipinski definition) is 4. The molecular weight excluding hydrogens is 364 g/mol. The Morgan fingerprint density at radius 3 is 1.66 bits per heavy atom. The van der Waals surface area contributed by atoms with Crippen LogP contribution in [-0.4, -0.2) is 20.4 Å². The topological polar surface area (TPSA) is 80.9 Å². The Bertz CT molecular complexity index is 1020. The molecule has 0 aromatic heterocycles. The standard InChI is InChI=1S/C25H26O4/c1-14-7-16-3-4-17-8-15(2)10-24(28)22(17)12-18(11-21(16)23(27)9-14)20-6-5-19(26)13-25(20)29/h5-10,13,18,26-29H,3-4,11-12H2,1-2H3. The highest BCUT2D eigenvalue weighted by Gasteiger charge is 2.25. The summed E-state index contributed by atoms with van der Waals surface area (Å²) in [6, 6.07) is 12.4. The Hall–Kier alpha value is -3.14. The lowest BCUT2D eigenvalue weighted by Crippen LogP contribution is -2.09. The predicted octanol–water partition coefficient (Wildman–Crippen LogP) is 4.79. The van der Waals surface area contributed by atoms with Gasteiger partial charge in [0.05, 0.1) is 0 Å². The number of hydrogen-bond acceptors (Lipinski definition) is 4. The molecule has 0 unspecified atom stereocenters. The Morgan fingerprint density at radius 2 is 1.17 bits per heavy atom. The molecule has 0 atom stereocenters. The number of fused-ring (bicyclic) bond motifs is 2. The molecule has 0 aliphatic heterocycles. The van der Waals surface area contributed by atoms with Crippen LogP contribution in [0.25, 0.3) is 0 Å². The van der Waals surface area contributed by atoms with Crippen LogP contribution in [0.2, 0.25) is 0 Å². The van der Waals surface area contributed by atoms with E-state index in [1.165, 1.54) is 6.07 Å². The van der Waals surface area contributed by atoms with Gasteiger partial charge in [0.25, 0.3) is 0 Å². The van der Waals surface area contributed by atoms with Gasteiger partial charge in [0, 0.05) is 6.07 Å². The van der Waals surface area contributed by atoms with Crippen molar-refractivity contribution in [2.75, 3.05) is 0 Å². The predicted molar refractivity (Wildman–Crippen MR) is 113 cm³/mol. The summed E-state index contributed by atoms with van der Waals surface area (Å²) < 4.78 is 0. The lowest BCUT2D eigenvalue weighted by molar-refractivity contribution is 0.434. The van der Waals surface area contributed by atoms with Crippen LogP contribution >= 0.6 is 0 Å². The van der Waals surface area contributed by atoms with Crippen LogP contribution < -0.4 is 0 Å². The number of aryl methyl sites for hydroxylation is 4. The molecule has 0 heterocycles. The van der Waals surface area contributed by atoms with Crippen molar-refractivity contribution in [2.45, 2.75) is 45.4 Å². The molecule has 1 aliphatic carbocycles. The van der Waals surface area contributed by atoms with Crippen molar-refractivity contribution < 1.29 is 20.4 Å². The molecule has 1 aliphatic rings. The van der Waals surface area contributed by atoms with Gasteiger partial charge in [-0.3, -0.25) is 0 Å². The monoisotopic (exact) mass is 390 g/mol. The molecule has 4 heteroatoms. The van der Waals surface area contributed by atoms with Gasteiger partial charge in [-0.05, 0) is 103 Å². The zero-order valence-electron chi connectivity index (χ0n) is 16.7. The second kappa shape index (κ2) is 7.36. The van der Waals surface area contributed by atoms with Gasteiger partial charge in [-0.2, -0.15) is 0 Å². The average Bonchev–Trinajstić information content (AvgIpc) is 2.70. The zero-order chi connectivity index (χ0) is 20.7. The van der Waals surface area contributed by atoms with Crippen LogP contribution in [0, 0.1) is 13.8 Å². The van der Waals surface area contributed by atoms with Gasteiger partial charge in [-0.1, -0.05) is 18.2 Å². The SMILES string of the molecule is Cc1cc(O)c2c(c1)CCc1cc(C)cc(O)c1CC(c1ccc(O)cc1O)C2. The minimum atomic E-state index is -0.159. The molecule has 0 saturated carbocycles. The van der Waals surface area contributed by atoms with Gasteiger partial charge in [0.1, 0.15) is 23.0 Å². The fourth-order valence-electron chi connectivity index (χ4n) is 4.59. The summed E-state index contributed by atoms with van der Waals surface area (Å²) in [6.07, 6.45) is 2.61. The van der Waals surface area contributed by atoms with Crippen molar-refractivity contribution in [3.05, 3.63) is 81.4 Å². The van der Waals surface area contributed by atoms with Crippen LogP contribution in [0.4, 0.5) is 0 Å². The summed E-state index contributed by atoms with van der Waals surface area (Å²) >= 11 is 0. The minimum Gasteiger partial charge on any atom is -0.508 e. The van der Waals surface area contributed by atoms with E-state index < -0.39 is 0 Å². The van der Waals surface area contributed by atoms with E-state index in [0.29, 0.717) is 18.4 Å². The van der Waals surface area contributed by atoms with Crippen LogP contribution in [0.3, 0.4) is 0 Å². The first-order valence-corrected chi connectivity index (χ1v) is 9.96. The van der Waals surface area contributed by atoms with Crippen LogP contribution in [0.15, 0.2) is 42.5 Å². The molecule has 0 fully saturated rings. The summed E-state index contributed by atoms with van der Waals surface area (Å²) in [5.74, 6) is 0.417. The second-order valence-corrected chi connectivity index (χ2v) is 8.19. The largest absolute Gasteiger partial charge is 0.508 e. The molecule has 0 saturated heterocycles. The molecule has 29 heavy (non-hydrogen) atoms. The maximum absolute atomic E-state index is 10.7. The normalized spacial score (nSPS) is 14.4. The molecule has 0 amide bonds. The van der Waals surface area contributed by atoms with Gasteiger partial charge in [0.15, 0.2) is 0 Å². The van der Waals surface area contributed by atoms with Crippen molar-refractivity contribution in [1.82, 2.24) is 0 Å². The van der Waals surface area contributed by atoms with Crippen molar-refractivity contribution in [2.24, 2.45) is 0 Å². The van der Waals surface area contributed by atoms with Crippen LogP contribution in [0.5, 0.6) is 23.0 Å². The minimum absolute atomic E-state index is 0.00654. The van der Waals surface area contributed by atoms with E-state index in [1.54, 1.807) is 24.3 Å². The van der Waals surface area contributed by atoms with E-state index in [1.807, 2.05) is 13.8 Å². The third kappa shape index (κ3) is 3.75. The van der Waals surface area contributed by atoms with Gasteiger partial charge < -0.3 is 20.4 Å². The van der Waals surface area contributed by atoms with E-state index in [0.717, 1.165) is 46.2 Å². The highest BCUT2D eigenvalue weighted by molar-refractivity contribution is 5.51. The fraction of sp³-hybridized carbons (Fsp3) is 0.280. The molecule has 0 radical (unpaired) electrons. The zero-order valence-corrected chi connectivity index (χ0v) is 16.7. The molecule has 3 aromatic rings.